The lowest BCUT2D eigenvalue weighted by molar-refractivity contribution is -0.131. The van der Waals surface area contributed by atoms with Crippen molar-refractivity contribution in [2.24, 2.45) is 0 Å². The third kappa shape index (κ3) is 5.39. The van der Waals surface area contributed by atoms with Gasteiger partial charge in [-0.3, -0.25) is 20.4 Å². The molecule has 1 rings (SSSR count). The summed E-state index contributed by atoms with van der Waals surface area (Å²) in [5.74, 6) is -0.216. The maximum absolute atomic E-state index is 11.4. The van der Waals surface area contributed by atoms with Gasteiger partial charge in [0.1, 0.15) is 12.4 Å². The van der Waals surface area contributed by atoms with Gasteiger partial charge in [-0.1, -0.05) is 12.1 Å². The summed E-state index contributed by atoms with van der Waals surface area (Å²) in [4.78, 5) is 22.5. The highest BCUT2D eigenvalue weighted by Gasteiger charge is 2.06. The molecule has 6 heteroatoms. The summed E-state index contributed by atoms with van der Waals surface area (Å²) in [6.07, 6.45) is 0. The van der Waals surface area contributed by atoms with Gasteiger partial charge in [-0.15, -0.1) is 0 Å². The highest BCUT2D eigenvalue weighted by molar-refractivity contribution is 5.83. The second kappa shape index (κ2) is 7.38. The minimum atomic E-state index is -0.439. The summed E-state index contributed by atoms with van der Waals surface area (Å²) in [6, 6.07) is 5.74. The van der Waals surface area contributed by atoms with E-state index in [1.54, 1.807) is 0 Å². The molecule has 0 unspecified atom stereocenters. The Morgan fingerprint density at radius 3 is 2.37 bits per heavy atom. The fraction of sp³-hybridized carbons (Fsp3) is 0.385. The Labute approximate surface area is 112 Å². The summed E-state index contributed by atoms with van der Waals surface area (Å²) in [6.45, 7) is 3.56. The molecule has 0 atom stereocenters. The van der Waals surface area contributed by atoms with Crippen LogP contribution in [0.15, 0.2) is 18.2 Å². The van der Waals surface area contributed by atoms with Gasteiger partial charge in [0.15, 0.2) is 6.61 Å². The van der Waals surface area contributed by atoms with E-state index in [0.717, 1.165) is 11.1 Å². The molecule has 0 aliphatic heterocycles. The molecule has 6 nitrogen and oxygen atoms in total. The number of hydrogen-bond donors (Lipinski definition) is 2. The molecule has 0 spiro atoms. The van der Waals surface area contributed by atoms with E-state index in [1.165, 1.54) is 7.11 Å². The van der Waals surface area contributed by atoms with E-state index < -0.39 is 11.8 Å². The molecule has 0 aromatic heterocycles. The van der Waals surface area contributed by atoms with Crippen LogP contribution in [0.4, 0.5) is 0 Å². The molecule has 1 aromatic rings. The number of carbonyl (C=O) groups excluding carboxylic acids is 2. The Morgan fingerprint density at radius 2 is 1.74 bits per heavy atom. The minimum Gasteiger partial charge on any atom is -0.483 e. The first-order valence-electron chi connectivity index (χ1n) is 5.79. The maximum Gasteiger partial charge on any atom is 0.276 e. The van der Waals surface area contributed by atoms with E-state index in [9.17, 15) is 9.59 Å². The minimum absolute atomic E-state index is 0.113. The molecule has 19 heavy (non-hydrogen) atoms. The number of carbonyl (C=O) groups is 2. The van der Waals surface area contributed by atoms with Gasteiger partial charge in [0.25, 0.3) is 11.8 Å². The summed E-state index contributed by atoms with van der Waals surface area (Å²) in [5.41, 5.74) is 6.43. The lowest BCUT2D eigenvalue weighted by atomic mass is 10.1. The van der Waals surface area contributed by atoms with Crippen molar-refractivity contribution < 1.29 is 19.1 Å². The Morgan fingerprint density at radius 1 is 1.11 bits per heavy atom. The van der Waals surface area contributed by atoms with Crippen molar-refractivity contribution in [1.82, 2.24) is 10.9 Å². The van der Waals surface area contributed by atoms with Crippen LogP contribution in [0.25, 0.3) is 0 Å². The van der Waals surface area contributed by atoms with Crippen molar-refractivity contribution in [3.63, 3.8) is 0 Å². The van der Waals surface area contributed by atoms with Crippen molar-refractivity contribution in [1.29, 1.82) is 0 Å². The number of aryl methyl sites for hydroxylation is 2. The first-order chi connectivity index (χ1) is 9.02. The van der Waals surface area contributed by atoms with Crippen LogP contribution in [0.3, 0.4) is 0 Å². The van der Waals surface area contributed by atoms with Gasteiger partial charge in [-0.2, -0.15) is 0 Å². The molecule has 0 saturated carbocycles. The van der Waals surface area contributed by atoms with Crippen LogP contribution in [-0.2, 0) is 14.3 Å². The van der Waals surface area contributed by atoms with Crippen molar-refractivity contribution in [3.05, 3.63) is 29.3 Å². The van der Waals surface area contributed by atoms with Crippen molar-refractivity contribution in [3.8, 4) is 5.75 Å². The number of rotatable bonds is 5. The van der Waals surface area contributed by atoms with Gasteiger partial charge >= 0.3 is 0 Å². The summed E-state index contributed by atoms with van der Waals surface area (Å²) < 4.78 is 9.98. The molecule has 1 aromatic carbocycles. The van der Waals surface area contributed by atoms with Crippen LogP contribution in [-0.4, -0.2) is 32.1 Å². The second-order valence-electron chi connectivity index (χ2n) is 4.09. The number of methoxy groups -OCH3 is 1. The van der Waals surface area contributed by atoms with Crippen molar-refractivity contribution in [2.45, 2.75) is 13.8 Å². The smallest absolute Gasteiger partial charge is 0.276 e. The van der Waals surface area contributed by atoms with Crippen molar-refractivity contribution in [2.75, 3.05) is 20.3 Å². The summed E-state index contributed by atoms with van der Waals surface area (Å²) in [7, 11) is 1.39. The first-order valence-corrected chi connectivity index (χ1v) is 5.79. The predicted octanol–water partition coefficient (Wildman–Crippen LogP) is 0.476. The monoisotopic (exact) mass is 266 g/mol. The third-order valence-electron chi connectivity index (χ3n) is 2.32. The fourth-order valence-corrected chi connectivity index (χ4v) is 1.35. The molecule has 2 N–H and O–H groups in total. The zero-order valence-electron chi connectivity index (χ0n) is 11.3. The quantitative estimate of drug-likeness (QED) is 0.760. The Balaban J connectivity index is 2.38. The van der Waals surface area contributed by atoms with Crippen LogP contribution in [0.1, 0.15) is 11.1 Å². The molecule has 0 radical (unpaired) electrons. The van der Waals surface area contributed by atoms with Crippen LogP contribution in [0, 0.1) is 13.8 Å². The van der Waals surface area contributed by atoms with Crippen LogP contribution >= 0.6 is 0 Å². The van der Waals surface area contributed by atoms with Crippen molar-refractivity contribution >= 4 is 11.8 Å². The standard InChI is InChI=1S/C13H18N2O4/c1-9-4-5-10(2)11(6-9)19-8-13(17)15-14-12(16)7-18-3/h4-6H,7-8H2,1-3H3,(H,14,16)(H,15,17). The number of hydrogen-bond acceptors (Lipinski definition) is 4. The molecule has 2 amide bonds. The van der Waals surface area contributed by atoms with E-state index in [2.05, 4.69) is 15.6 Å². The normalized spacial score (nSPS) is 9.84. The third-order valence-corrected chi connectivity index (χ3v) is 2.32. The predicted molar refractivity (Wildman–Crippen MR) is 69.6 cm³/mol. The van der Waals surface area contributed by atoms with E-state index in [0.29, 0.717) is 5.75 Å². The number of benzene rings is 1. The first kappa shape index (κ1) is 15.0. The largest absolute Gasteiger partial charge is 0.483 e. The lowest BCUT2D eigenvalue weighted by Crippen LogP contribution is -2.45. The average Bonchev–Trinajstić information content (AvgIpc) is 2.38. The molecule has 0 saturated heterocycles. The average molecular weight is 266 g/mol. The number of hydrazine groups is 1. The van der Waals surface area contributed by atoms with E-state index in [1.807, 2.05) is 32.0 Å². The highest BCUT2D eigenvalue weighted by atomic mass is 16.5. The molecule has 104 valence electrons. The number of nitrogens with one attached hydrogen (secondary N) is 2. The molecule has 0 fully saturated rings. The van der Waals surface area contributed by atoms with Gasteiger partial charge in [0.05, 0.1) is 0 Å². The van der Waals surface area contributed by atoms with Gasteiger partial charge in [-0.05, 0) is 31.0 Å². The van der Waals surface area contributed by atoms with Crippen LogP contribution in [0.5, 0.6) is 5.75 Å². The summed E-state index contributed by atoms with van der Waals surface area (Å²) in [5, 5.41) is 0. The fourth-order valence-electron chi connectivity index (χ4n) is 1.35. The Kier molecular flexibility index (Phi) is 5.81. The number of amides is 2. The van der Waals surface area contributed by atoms with Gasteiger partial charge < -0.3 is 9.47 Å². The highest BCUT2D eigenvalue weighted by Crippen LogP contribution is 2.18. The van der Waals surface area contributed by atoms with Gasteiger partial charge in [-0.25, -0.2) is 0 Å². The summed E-state index contributed by atoms with van der Waals surface area (Å²) >= 11 is 0. The molecule has 0 heterocycles. The SMILES string of the molecule is COCC(=O)NNC(=O)COc1cc(C)ccc1C. The van der Waals surface area contributed by atoms with E-state index in [-0.39, 0.29) is 13.2 Å². The maximum atomic E-state index is 11.4. The number of ether oxygens (including phenoxy) is 2. The molecule has 0 aliphatic carbocycles. The topological polar surface area (TPSA) is 76.7 Å². The Bertz CT molecular complexity index is 460. The van der Waals surface area contributed by atoms with Crippen LogP contribution in [0.2, 0.25) is 0 Å². The van der Waals surface area contributed by atoms with E-state index >= 15 is 0 Å². The molecular weight excluding hydrogens is 248 g/mol. The van der Waals surface area contributed by atoms with Gasteiger partial charge in [0.2, 0.25) is 0 Å². The van der Waals surface area contributed by atoms with Crippen LogP contribution < -0.4 is 15.6 Å². The second-order valence-corrected chi connectivity index (χ2v) is 4.09. The van der Waals surface area contributed by atoms with E-state index in [4.69, 9.17) is 4.74 Å². The molecule has 0 aliphatic rings. The zero-order chi connectivity index (χ0) is 14.3. The molecular formula is C13H18N2O4. The zero-order valence-corrected chi connectivity index (χ0v) is 11.3. The van der Waals surface area contributed by atoms with Gasteiger partial charge in [0, 0.05) is 7.11 Å². The Hall–Kier alpha value is -2.08. The lowest BCUT2D eigenvalue weighted by Gasteiger charge is -2.10. The molecule has 0 bridgehead atoms.